The van der Waals surface area contributed by atoms with Crippen molar-refractivity contribution in [3.05, 3.63) is 18.5 Å². The topological polar surface area (TPSA) is 68.2 Å². The molecule has 6 nitrogen and oxygen atoms in total. The van der Waals surface area contributed by atoms with Crippen molar-refractivity contribution in [3.8, 4) is 0 Å². The highest BCUT2D eigenvalue weighted by Gasteiger charge is 2.41. The number of carbonyl (C=O) groups excluding carboxylic acids is 1. The summed E-state index contributed by atoms with van der Waals surface area (Å²) in [5.41, 5.74) is -0.537. The normalized spacial score (nSPS) is 25.4. The van der Waals surface area contributed by atoms with Crippen molar-refractivity contribution in [1.82, 2.24) is 20.4 Å². The van der Waals surface area contributed by atoms with E-state index in [2.05, 4.69) is 15.7 Å². The molecule has 0 saturated carbocycles. The first kappa shape index (κ1) is 14.5. The molecule has 6 heteroatoms. The Hall–Kier alpha value is -1.40. The lowest BCUT2D eigenvalue weighted by Crippen LogP contribution is -2.55. The Kier molecular flexibility index (Phi) is 4.55. The summed E-state index contributed by atoms with van der Waals surface area (Å²) >= 11 is 0. The number of amides is 1. The summed E-state index contributed by atoms with van der Waals surface area (Å²) in [6, 6.07) is 1.88. The molecule has 21 heavy (non-hydrogen) atoms. The van der Waals surface area contributed by atoms with Crippen LogP contribution in [0.3, 0.4) is 0 Å². The van der Waals surface area contributed by atoms with E-state index >= 15 is 0 Å². The molecule has 2 saturated heterocycles. The smallest absolute Gasteiger partial charge is 0.248 e. The van der Waals surface area contributed by atoms with Gasteiger partial charge in [0.1, 0.15) is 5.54 Å². The molecule has 0 bridgehead atoms. The molecular weight excluding hydrogens is 268 g/mol. The van der Waals surface area contributed by atoms with Gasteiger partial charge < -0.3 is 15.4 Å². The second kappa shape index (κ2) is 6.58. The van der Waals surface area contributed by atoms with Crippen molar-refractivity contribution >= 4 is 5.91 Å². The van der Waals surface area contributed by atoms with E-state index in [0.717, 1.165) is 52.0 Å². The number of hydrogen-bond acceptors (Lipinski definition) is 4. The number of nitrogens with one attached hydrogen (secondary N) is 2. The molecule has 1 amide bonds. The fourth-order valence-corrected chi connectivity index (χ4v) is 3.29. The maximum Gasteiger partial charge on any atom is 0.248 e. The lowest BCUT2D eigenvalue weighted by Gasteiger charge is -2.37. The minimum atomic E-state index is -0.537. The summed E-state index contributed by atoms with van der Waals surface area (Å²) in [7, 11) is 0. The second-order valence-electron chi connectivity index (χ2n) is 6.03. The Morgan fingerprint density at radius 1 is 1.48 bits per heavy atom. The average Bonchev–Trinajstić information content (AvgIpc) is 3.09. The molecule has 2 aliphatic rings. The maximum absolute atomic E-state index is 12.8. The Labute approximate surface area is 125 Å². The van der Waals surface area contributed by atoms with Gasteiger partial charge >= 0.3 is 0 Å². The van der Waals surface area contributed by atoms with E-state index in [9.17, 15) is 4.79 Å². The van der Waals surface area contributed by atoms with Crippen LogP contribution in [0, 0.1) is 5.92 Å². The molecule has 0 radical (unpaired) electrons. The number of piperidine rings is 1. The van der Waals surface area contributed by atoms with Crippen molar-refractivity contribution in [2.75, 3.05) is 32.8 Å². The lowest BCUT2D eigenvalue weighted by molar-refractivity contribution is -0.132. The zero-order valence-corrected chi connectivity index (χ0v) is 12.4. The summed E-state index contributed by atoms with van der Waals surface area (Å²) in [6.07, 6.45) is 7.43. The van der Waals surface area contributed by atoms with Gasteiger partial charge in [0.05, 0.1) is 6.61 Å². The molecule has 1 atom stereocenters. The van der Waals surface area contributed by atoms with Crippen LogP contribution in [0.5, 0.6) is 0 Å². The van der Waals surface area contributed by atoms with Crippen molar-refractivity contribution in [2.45, 2.75) is 31.2 Å². The Bertz CT molecular complexity index is 448. The monoisotopic (exact) mass is 292 g/mol. The van der Waals surface area contributed by atoms with E-state index in [1.807, 2.05) is 16.9 Å². The van der Waals surface area contributed by atoms with Crippen molar-refractivity contribution in [2.24, 2.45) is 5.92 Å². The number of aromatic nitrogens is 2. The van der Waals surface area contributed by atoms with E-state index in [1.165, 1.54) is 0 Å². The van der Waals surface area contributed by atoms with Gasteiger partial charge in [0.25, 0.3) is 0 Å². The summed E-state index contributed by atoms with van der Waals surface area (Å²) in [6.45, 7) is 4.01. The first-order valence-electron chi connectivity index (χ1n) is 7.88. The summed E-state index contributed by atoms with van der Waals surface area (Å²) < 4.78 is 7.31. The molecule has 116 valence electrons. The minimum Gasteiger partial charge on any atom is -0.381 e. The Balaban J connectivity index is 1.66. The highest BCUT2D eigenvalue weighted by Crippen LogP contribution is 2.27. The van der Waals surface area contributed by atoms with E-state index < -0.39 is 5.54 Å². The number of hydrogen-bond donors (Lipinski definition) is 2. The standard InChI is InChI=1S/C15H24N4O2/c20-14(17-11-13-3-1-10-21-12-13)15(4-7-16-8-5-15)19-9-2-6-18-19/h2,6,9,13,16H,1,3-5,7-8,10-12H2,(H,17,20). The average molecular weight is 292 g/mol. The minimum absolute atomic E-state index is 0.0956. The van der Waals surface area contributed by atoms with Crippen LogP contribution in [0.15, 0.2) is 18.5 Å². The second-order valence-corrected chi connectivity index (χ2v) is 6.03. The van der Waals surface area contributed by atoms with Gasteiger partial charge in [0.2, 0.25) is 5.91 Å². The van der Waals surface area contributed by atoms with Gasteiger partial charge in [0.15, 0.2) is 0 Å². The summed E-state index contributed by atoms with van der Waals surface area (Å²) in [4.78, 5) is 12.8. The molecule has 1 aromatic heterocycles. The van der Waals surface area contributed by atoms with Gasteiger partial charge in [-0.3, -0.25) is 9.48 Å². The number of nitrogens with zero attached hydrogens (tertiary/aromatic N) is 2. The van der Waals surface area contributed by atoms with Crippen LogP contribution in [0.4, 0.5) is 0 Å². The van der Waals surface area contributed by atoms with Crippen LogP contribution >= 0.6 is 0 Å². The van der Waals surface area contributed by atoms with Crippen LogP contribution < -0.4 is 10.6 Å². The molecular formula is C15H24N4O2. The molecule has 2 aliphatic heterocycles. The third-order valence-electron chi connectivity index (χ3n) is 4.60. The van der Waals surface area contributed by atoms with Crippen LogP contribution in [-0.4, -0.2) is 48.5 Å². The number of ether oxygens (including phenoxy) is 1. The molecule has 0 spiro atoms. The van der Waals surface area contributed by atoms with Gasteiger partial charge in [-0.05, 0) is 50.8 Å². The van der Waals surface area contributed by atoms with Crippen LogP contribution in [0.2, 0.25) is 0 Å². The zero-order valence-electron chi connectivity index (χ0n) is 12.4. The van der Waals surface area contributed by atoms with Gasteiger partial charge in [0, 0.05) is 25.5 Å². The van der Waals surface area contributed by atoms with Gasteiger partial charge in [-0.25, -0.2) is 0 Å². The molecule has 0 aromatic carbocycles. The van der Waals surface area contributed by atoms with Gasteiger partial charge in [-0.1, -0.05) is 0 Å². The highest BCUT2D eigenvalue weighted by molar-refractivity contribution is 5.84. The predicted octanol–water partition coefficient (Wildman–Crippen LogP) is 0.505. The quantitative estimate of drug-likeness (QED) is 0.848. The highest BCUT2D eigenvalue weighted by atomic mass is 16.5. The van der Waals surface area contributed by atoms with Gasteiger partial charge in [-0.2, -0.15) is 5.10 Å². The molecule has 3 heterocycles. The number of carbonyl (C=O) groups is 1. The first-order chi connectivity index (χ1) is 10.3. The third-order valence-corrected chi connectivity index (χ3v) is 4.60. The van der Waals surface area contributed by atoms with E-state index in [4.69, 9.17) is 4.74 Å². The fraction of sp³-hybridized carbons (Fsp3) is 0.733. The van der Waals surface area contributed by atoms with Gasteiger partial charge in [-0.15, -0.1) is 0 Å². The van der Waals surface area contributed by atoms with Crippen molar-refractivity contribution in [3.63, 3.8) is 0 Å². The van der Waals surface area contributed by atoms with Crippen molar-refractivity contribution < 1.29 is 9.53 Å². The predicted molar refractivity (Wildman–Crippen MR) is 78.9 cm³/mol. The van der Waals surface area contributed by atoms with E-state index in [-0.39, 0.29) is 5.91 Å². The molecule has 2 N–H and O–H groups in total. The van der Waals surface area contributed by atoms with Crippen molar-refractivity contribution in [1.29, 1.82) is 0 Å². The Morgan fingerprint density at radius 2 is 2.33 bits per heavy atom. The first-order valence-corrected chi connectivity index (χ1v) is 7.88. The maximum atomic E-state index is 12.8. The summed E-state index contributed by atoms with van der Waals surface area (Å²) in [5, 5.41) is 10.8. The van der Waals surface area contributed by atoms with Crippen LogP contribution in [0.1, 0.15) is 25.7 Å². The zero-order chi connectivity index (χ0) is 14.5. The molecule has 1 unspecified atom stereocenters. The Morgan fingerprint density at radius 3 is 3.00 bits per heavy atom. The lowest BCUT2D eigenvalue weighted by atomic mass is 9.87. The fourth-order valence-electron chi connectivity index (χ4n) is 3.29. The largest absolute Gasteiger partial charge is 0.381 e. The SMILES string of the molecule is O=C(NCC1CCCOC1)C1(n2cccn2)CCNCC1. The number of rotatable bonds is 4. The van der Waals surface area contributed by atoms with E-state index in [0.29, 0.717) is 12.5 Å². The molecule has 2 fully saturated rings. The molecule has 0 aliphatic carbocycles. The van der Waals surface area contributed by atoms with Crippen LogP contribution in [-0.2, 0) is 15.1 Å². The molecule has 3 rings (SSSR count). The van der Waals surface area contributed by atoms with E-state index in [1.54, 1.807) is 6.20 Å². The summed E-state index contributed by atoms with van der Waals surface area (Å²) in [5.74, 6) is 0.539. The third kappa shape index (κ3) is 3.11. The molecule has 1 aromatic rings. The van der Waals surface area contributed by atoms with Crippen LogP contribution in [0.25, 0.3) is 0 Å².